The van der Waals surface area contributed by atoms with Crippen LogP contribution in [0.25, 0.3) is 21.8 Å². The van der Waals surface area contributed by atoms with Gasteiger partial charge in [-0.15, -0.1) is 0 Å². The van der Waals surface area contributed by atoms with Gasteiger partial charge in [0.25, 0.3) is 11.1 Å². The fourth-order valence-electron chi connectivity index (χ4n) is 4.13. The zero-order chi connectivity index (χ0) is 23.7. The monoisotopic (exact) mass is 449 g/mol. The Morgan fingerprint density at radius 2 is 1.06 bits per heavy atom. The minimum atomic E-state index is -0.371. The highest BCUT2D eigenvalue weighted by molar-refractivity contribution is 6.03. The van der Waals surface area contributed by atoms with Gasteiger partial charge in [-0.25, -0.2) is 4.98 Å². The maximum atomic E-state index is 13.3. The summed E-state index contributed by atoms with van der Waals surface area (Å²) in [6.45, 7) is 0.530. The van der Waals surface area contributed by atoms with Gasteiger partial charge >= 0.3 is 0 Å². The van der Waals surface area contributed by atoms with Crippen molar-refractivity contribution in [3.05, 3.63) is 122 Å². The molecular weight excluding hydrogens is 430 g/mol. The highest BCUT2D eigenvalue weighted by Gasteiger charge is 2.17. The molecule has 0 spiro atoms. The molecule has 0 saturated carbocycles. The summed E-state index contributed by atoms with van der Waals surface area (Å²) in [6.07, 6.45) is 4.17. The number of rotatable bonds is 6. The summed E-state index contributed by atoms with van der Waals surface area (Å²) in [5.41, 5.74) is 1.79. The zero-order valence-corrected chi connectivity index (χ0v) is 18.0. The molecule has 0 fully saturated rings. The van der Waals surface area contributed by atoms with Crippen LogP contribution >= 0.6 is 0 Å². The molecule has 0 unspecified atom stereocenters. The second-order valence-electron chi connectivity index (χ2n) is 8.02. The lowest BCUT2D eigenvalue weighted by molar-refractivity contribution is 0.111. The van der Waals surface area contributed by atoms with Crippen LogP contribution in [0.3, 0.4) is 0 Å². The molecule has 7 nitrogen and oxygen atoms in total. The number of hydrogen-bond acceptors (Lipinski definition) is 5. The molecule has 2 aromatic carbocycles. The number of pyridine rings is 3. The third-order valence-electron chi connectivity index (χ3n) is 5.79. The van der Waals surface area contributed by atoms with E-state index in [9.17, 15) is 19.2 Å². The third-order valence-corrected chi connectivity index (χ3v) is 5.79. The Morgan fingerprint density at radius 3 is 1.44 bits per heavy atom. The van der Waals surface area contributed by atoms with Crippen molar-refractivity contribution >= 4 is 34.4 Å². The van der Waals surface area contributed by atoms with Gasteiger partial charge in [-0.1, -0.05) is 60.7 Å². The molecule has 0 saturated heterocycles. The molecule has 0 atom stereocenters. The van der Waals surface area contributed by atoms with Crippen LogP contribution in [-0.4, -0.2) is 26.7 Å². The molecule has 166 valence electrons. The summed E-state index contributed by atoms with van der Waals surface area (Å²) >= 11 is 0. The first-order chi connectivity index (χ1) is 16.6. The Kier molecular flexibility index (Phi) is 5.43. The van der Waals surface area contributed by atoms with E-state index in [0.717, 1.165) is 11.1 Å². The lowest BCUT2D eigenvalue weighted by Crippen LogP contribution is -2.24. The van der Waals surface area contributed by atoms with Crippen molar-refractivity contribution in [1.82, 2.24) is 14.1 Å². The summed E-state index contributed by atoms with van der Waals surface area (Å²) in [5, 5.41) is 0.305. The first-order valence-corrected chi connectivity index (χ1v) is 10.7. The van der Waals surface area contributed by atoms with Crippen molar-refractivity contribution in [3.8, 4) is 0 Å². The number of aldehydes is 2. The third kappa shape index (κ3) is 3.73. The van der Waals surface area contributed by atoms with Crippen LogP contribution in [0.1, 0.15) is 31.8 Å². The van der Waals surface area contributed by atoms with Crippen LogP contribution < -0.4 is 11.1 Å². The van der Waals surface area contributed by atoms with E-state index in [1.165, 1.54) is 27.6 Å². The van der Waals surface area contributed by atoms with Crippen molar-refractivity contribution in [2.45, 2.75) is 13.1 Å². The first-order valence-electron chi connectivity index (χ1n) is 10.7. The molecule has 0 aliphatic rings. The number of benzene rings is 2. The molecule has 0 amide bonds. The fraction of sp³-hybridized carbons (Fsp3) is 0.0741. The summed E-state index contributed by atoms with van der Waals surface area (Å²) in [5.74, 6) is 0. The SMILES string of the molecule is O=Cc1cn(Cc2ccccc2)c(=O)c2cc3c(=O)n(Cc4ccccc4)cc(C=O)c3nc12. The number of hydrogen-bond donors (Lipinski definition) is 0. The van der Waals surface area contributed by atoms with E-state index < -0.39 is 0 Å². The molecule has 0 bridgehead atoms. The number of nitrogens with zero attached hydrogens (tertiary/aromatic N) is 3. The molecule has 5 rings (SSSR count). The predicted octanol–water partition coefficient (Wildman–Crippen LogP) is 3.43. The Balaban J connectivity index is 1.76. The van der Waals surface area contributed by atoms with Gasteiger partial charge in [-0.2, -0.15) is 0 Å². The van der Waals surface area contributed by atoms with Crippen molar-refractivity contribution in [3.63, 3.8) is 0 Å². The fourth-order valence-corrected chi connectivity index (χ4v) is 4.13. The van der Waals surface area contributed by atoms with E-state index in [1.807, 2.05) is 60.7 Å². The van der Waals surface area contributed by atoms with Gasteiger partial charge < -0.3 is 9.13 Å². The van der Waals surface area contributed by atoms with E-state index in [1.54, 1.807) is 0 Å². The second-order valence-corrected chi connectivity index (χ2v) is 8.02. The Hall–Kier alpha value is -4.65. The van der Waals surface area contributed by atoms with Gasteiger partial charge in [0.05, 0.1) is 46.0 Å². The van der Waals surface area contributed by atoms with Crippen molar-refractivity contribution in [2.24, 2.45) is 0 Å². The summed E-state index contributed by atoms with van der Waals surface area (Å²) in [6, 6.07) is 20.2. The molecule has 5 aromatic rings. The lowest BCUT2D eigenvalue weighted by atomic mass is 10.1. The van der Waals surface area contributed by atoms with Crippen molar-refractivity contribution < 1.29 is 9.59 Å². The molecule has 0 N–H and O–H groups in total. The van der Waals surface area contributed by atoms with Crippen LogP contribution in [0.2, 0.25) is 0 Å². The maximum Gasteiger partial charge on any atom is 0.260 e. The number of aromatic nitrogens is 3. The molecular formula is C27H19N3O4. The van der Waals surface area contributed by atoms with E-state index in [2.05, 4.69) is 4.98 Å². The number of carbonyl (C=O) groups excluding carboxylic acids is 2. The van der Waals surface area contributed by atoms with Gasteiger partial charge in [0.15, 0.2) is 12.6 Å². The minimum Gasteiger partial charge on any atom is -0.310 e. The predicted molar refractivity (Wildman–Crippen MR) is 130 cm³/mol. The van der Waals surface area contributed by atoms with Crippen LogP contribution in [0.5, 0.6) is 0 Å². The Morgan fingerprint density at radius 1 is 0.647 bits per heavy atom. The highest BCUT2D eigenvalue weighted by atomic mass is 16.1. The van der Waals surface area contributed by atoms with E-state index in [4.69, 9.17) is 0 Å². The molecule has 3 heterocycles. The van der Waals surface area contributed by atoms with Gasteiger partial charge in [0, 0.05) is 12.4 Å². The number of fused-ring (bicyclic) bond motifs is 2. The van der Waals surface area contributed by atoms with Gasteiger partial charge in [-0.3, -0.25) is 19.2 Å². The minimum absolute atomic E-state index is 0.152. The zero-order valence-electron chi connectivity index (χ0n) is 18.0. The summed E-state index contributed by atoms with van der Waals surface area (Å²) in [4.78, 5) is 54.8. The van der Waals surface area contributed by atoms with Crippen molar-refractivity contribution in [2.75, 3.05) is 0 Å². The highest BCUT2D eigenvalue weighted by Crippen LogP contribution is 2.20. The van der Waals surface area contributed by atoms with E-state index in [-0.39, 0.29) is 57.1 Å². The molecule has 7 heteroatoms. The van der Waals surface area contributed by atoms with Crippen LogP contribution in [-0.2, 0) is 13.1 Å². The Bertz CT molecular complexity index is 1550. The van der Waals surface area contributed by atoms with Gasteiger partial charge in [-0.05, 0) is 17.2 Å². The summed E-state index contributed by atoms with van der Waals surface area (Å²) < 4.78 is 2.86. The van der Waals surface area contributed by atoms with Crippen LogP contribution in [0.15, 0.2) is 88.7 Å². The van der Waals surface area contributed by atoms with Gasteiger partial charge in [0.2, 0.25) is 0 Å². The normalized spacial score (nSPS) is 11.1. The molecule has 0 aliphatic carbocycles. The lowest BCUT2D eigenvalue weighted by Gasteiger charge is -2.12. The van der Waals surface area contributed by atoms with Crippen molar-refractivity contribution in [1.29, 1.82) is 0 Å². The van der Waals surface area contributed by atoms with Crippen LogP contribution in [0, 0.1) is 0 Å². The summed E-state index contributed by atoms with van der Waals surface area (Å²) in [7, 11) is 0. The molecule has 0 radical (unpaired) electrons. The Labute approximate surface area is 193 Å². The smallest absolute Gasteiger partial charge is 0.260 e. The quantitative estimate of drug-likeness (QED) is 0.293. The molecule has 34 heavy (non-hydrogen) atoms. The maximum absolute atomic E-state index is 13.3. The number of carbonyl (C=O) groups is 2. The molecule has 3 aromatic heterocycles. The first kappa shape index (κ1) is 21.2. The van der Waals surface area contributed by atoms with Gasteiger partial charge in [0.1, 0.15) is 0 Å². The standard InChI is InChI=1S/C27H19N3O4/c31-16-20-14-29(12-18-7-3-1-4-8-18)26(33)22-11-23-25(28-24(20)22)21(17-32)15-30(27(23)34)13-19-9-5-2-6-10-19/h1-11,14-17H,12-13H2. The topological polar surface area (TPSA) is 91.0 Å². The average Bonchev–Trinajstić information content (AvgIpc) is 2.88. The average molecular weight is 449 g/mol. The van der Waals surface area contributed by atoms with Crippen LogP contribution in [0.4, 0.5) is 0 Å². The molecule has 0 aliphatic heterocycles. The second kappa shape index (κ2) is 8.71. The van der Waals surface area contributed by atoms with E-state index in [0.29, 0.717) is 12.6 Å². The van der Waals surface area contributed by atoms with E-state index >= 15 is 0 Å². The largest absolute Gasteiger partial charge is 0.310 e.